The van der Waals surface area contributed by atoms with Crippen LogP contribution in [0.2, 0.25) is 0 Å². The Morgan fingerprint density at radius 1 is 0.960 bits per heavy atom. The first-order valence-corrected chi connectivity index (χ1v) is 7.71. The Bertz CT molecular complexity index is 957. The van der Waals surface area contributed by atoms with Crippen molar-refractivity contribution in [2.45, 2.75) is 0 Å². The number of hydrogen-bond donors (Lipinski definition) is 1. The minimum atomic E-state index is -0.162. The normalized spacial score (nSPS) is 10.6. The monoisotopic (exact) mass is 330 g/mol. The SMILES string of the molecule is O=C(Nc1ccc(-c2nnco2)cc1)c1ccc(-n2cccc2)cc1. The smallest absolute Gasteiger partial charge is 0.255 e. The standard InChI is InChI=1S/C19H14N4O2/c24-18(14-5-9-17(10-6-14)23-11-1-2-12-23)21-16-7-3-15(4-8-16)19-22-20-13-25-19/h1-13H,(H,21,24). The van der Waals surface area contributed by atoms with E-state index in [1.807, 2.05) is 53.4 Å². The molecule has 0 fully saturated rings. The van der Waals surface area contributed by atoms with Crippen molar-refractivity contribution in [3.8, 4) is 17.1 Å². The van der Waals surface area contributed by atoms with Crippen LogP contribution >= 0.6 is 0 Å². The number of hydrogen-bond acceptors (Lipinski definition) is 4. The zero-order valence-corrected chi connectivity index (χ0v) is 13.2. The Balaban J connectivity index is 1.46. The van der Waals surface area contributed by atoms with Gasteiger partial charge >= 0.3 is 0 Å². The van der Waals surface area contributed by atoms with Crippen molar-refractivity contribution in [3.05, 3.63) is 85.0 Å². The Morgan fingerprint density at radius 2 is 1.68 bits per heavy atom. The van der Waals surface area contributed by atoms with Crippen molar-refractivity contribution >= 4 is 11.6 Å². The maximum atomic E-state index is 12.4. The first kappa shape index (κ1) is 14.9. The van der Waals surface area contributed by atoms with E-state index in [2.05, 4.69) is 15.5 Å². The molecule has 0 spiro atoms. The third-order valence-corrected chi connectivity index (χ3v) is 3.78. The first-order valence-electron chi connectivity index (χ1n) is 7.71. The lowest BCUT2D eigenvalue weighted by Gasteiger charge is -2.07. The molecule has 4 aromatic rings. The molecule has 0 saturated carbocycles. The number of aromatic nitrogens is 3. The molecule has 4 rings (SSSR count). The molecule has 6 heteroatoms. The van der Waals surface area contributed by atoms with Crippen LogP contribution in [-0.2, 0) is 0 Å². The summed E-state index contributed by atoms with van der Waals surface area (Å²) in [5, 5.41) is 10.4. The number of nitrogens with one attached hydrogen (secondary N) is 1. The van der Waals surface area contributed by atoms with Crippen molar-refractivity contribution in [1.29, 1.82) is 0 Å². The minimum absolute atomic E-state index is 0.162. The fourth-order valence-corrected chi connectivity index (χ4v) is 2.49. The summed E-state index contributed by atoms with van der Waals surface area (Å²) in [5.41, 5.74) is 3.09. The molecule has 0 atom stereocenters. The Kier molecular flexibility index (Phi) is 3.84. The molecule has 0 aliphatic carbocycles. The van der Waals surface area contributed by atoms with Crippen LogP contribution in [-0.4, -0.2) is 20.7 Å². The molecule has 122 valence electrons. The quantitative estimate of drug-likeness (QED) is 0.618. The fraction of sp³-hybridized carbons (Fsp3) is 0. The third kappa shape index (κ3) is 3.18. The Hall–Kier alpha value is -3.67. The second-order valence-corrected chi connectivity index (χ2v) is 5.41. The van der Waals surface area contributed by atoms with Gasteiger partial charge in [0.15, 0.2) is 0 Å². The van der Waals surface area contributed by atoms with Crippen molar-refractivity contribution in [2.24, 2.45) is 0 Å². The van der Waals surface area contributed by atoms with Crippen LogP contribution in [0.15, 0.2) is 83.9 Å². The van der Waals surface area contributed by atoms with Crippen molar-refractivity contribution < 1.29 is 9.21 Å². The molecule has 1 N–H and O–H groups in total. The van der Waals surface area contributed by atoms with Gasteiger partial charge in [-0.05, 0) is 60.7 Å². The van der Waals surface area contributed by atoms with Gasteiger partial charge in [0.1, 0.15) is 0 Å². The molecule has 0 saturated heterocycles. The van der Waals surface area contributed by atoms with E-state index < -0.39 is 0 Å². The van der Waals surface area contributed by atoms with E-state index in [0.29, 0.717) is 17.1 Å². The van der Waals surface area contributed by atoms with Gasteiger partial charge in [0, 0.05) is 34.9 Å². The second kappa shape index (κ2) is 6.45. The predicted molar refractivity (Wildman–Crippen MR) is 93.5 cm³/mol. The lowest BCUT2D eigenvalue weighted by molar-refractivity contribution is 0.102. The van der Waals surface area contributed by atoms with E-state index in [4.69, 9.17) is 4.42 Å². The maximum Gasteiger partial charge on any atom is 0.255 e. The summed E-state index contributed by atoms with van der Waals surface area (Å²) in [6.07, 6.45) is 5.20. The number of carbonyl (C=O) groups is 1. The molecule has 0 aliphatic heterocycles. The number of nitrogens with zero attached hydrogens (tertiary/aromatic N) is 3. The molecule has 2 heterocycles. The van der Waals surface area contributed by atoms with Crippen LogP contribution in [0.25, 0.3) is 17.1 Å². The highest BCUT2D eigenvalue weighted by Gasteiger charge is 2.08. The summed E-state index contributed by atoms with van der Waals surface area (Å²) in [6.45, 7) is 0. The maximum absolute atomic E-state index is 12.4. The average Bonchev–Trinajstić information content (AvgIpc) is 3.36. The molecule has 6 nitrogen and oxygen atoms in total. The van der Waals surface area contributed by atoms with Crippen molar-refractivity contribution in [2.75, 3.05) is 5.32 Å². The first-order chi connectivity index (χ1) is 12.3. The summed E-state index contributed by atoms with van der Waals surface area (Å²) >= 11 is 0. The second-order valence-electron chi connectivity index (χ2n) is 5.41. The molecule has 1 amide bonds. The Labute approximate surface area is 143 Å². The lowest BCUT2D eigenvalue weighted by atomic mass is 10.1. The molecule has 0 radical (unpaired) electrons. The summed E-state index contributed by atoms with van der Waals surface area (Å²) < 4.78 is 7.12. The minimum Gasteiger partial charge on any atom is -0.423 e. The molecule has 2 aromatic heterocycles. The van der Waals surface area contributed by atoms with Gasteiger partial charge in [-0.15, -0.1) is 10.2 Å². The number of carbonyl (C=O) groups excluding carboxylic acids is 1. The number of anilines is 1. The van der Waals surface area contributed by atoms with Gasteiger partial charge in [-0.1, -0.05) is 0 Å². The van der Waals surface area contributed by atoms with Gasteiger partial charge in [0.2, 0.25) is 12.3 Å². The van der Waals surface area contributed by atoms with Gasteiger partial charge in [0.25, 0.3) is 5.91 Å². The molecule has 0 bridgehead atoms. The van der Waals surface area contributed by atoms with Crippen LogP contribution in [0.4, 0.5) is 5.69 Å². The highest BCUT2D eigenvalue weighted by molar-refractivity contribution is 6.04. The summed E-state index contributed by atoms with van der Waals surface area (Å²) in [7, 11) is 0. The Morgan fingerprint density at radius 3 is 2.32 bits per heavy atom. The van der Waals surface area contributed by atoms with Crippen LogP contribution < -0.4 is 5.32 Å². The topological polar surface area (TPSA) is 73.0 Å². The van der Waals surface area contributed by atoms with E-state index in [1.165, 1.54) is 6.39 Å². The van der Waals surface area contributed by atoms with Gasteiger partial charge in [-0.2, -0.15) is 0 Å². The van der Waals surface area contributed by atoms with E-state index >= 15 is 0 Å². The zero-order valence-electron chi connectivity index (χ0n) is 13.2. The highest BCUT2D eigenvalue weighted by atomic mass is 16.4. The van der Waals surface area contributed by atoms with Crippen molar-refractivity contribution in [3.63, 3.8) is 0 Å². The van der Waals surface area contributed by atoms with Gasteiger partial charge in [0.05, 0.1) is 0 Å². The fourth-order valence-electron chi connectivity index (χ4n) is 2.49. The molecular weight excluding hydrogens is 316 g/mol. The molecule has 0 unspecified atom stereocenters. The third-order valence-electron chi connectivity index (χ3n) is 3.78. The number of rotatable bonds is 4. The largest absolute Gasteiger partial charge is 0.423 e. The summed E-state index contributed by atoms with van der Waals surface area (Å²) in [6, 6.07) is 18.6. The van der Waals surface area contributed by atoms with E-state index in [-0.39, 0.29) is 5.91 Å². The molecule has 2 aromatic carbocycles. The van der Waals surface area contributed by atoms with Gasteiger partial charge < -0.3 is 14.3 Å². The van der Waals surface area contributed by atoms with Crippen LogP contribution in [0, 0.1) is 0 Å². The molecular formula is C19H14N4O2. The van der Waals surface area contributed by atoms with Gasteiger partial charge in [-0.25, -0.2) is 0 Å². The number of amides is 1. The van der Waals surface area contributed by atoms with E-state index in [1.54, 1.807) is 24.3 Å². The van der Waals surface area contributed by atoms with Crippen LogP contribution in [0.1, 0.15) is 10.4 Å². The van der Waals surface area contributed by atoms with Crippen molar-refractivity contribution in [1.82, 2.24) is 14.8 Å². The van der Waals surface area contributed by atoms with Gasteiger partial charge in [-0.3, -0.25) is 4.79 Å². The number of benzene rings is 2. The van der Waals surface area contributed by atoms with E-state index in [0.717, 1.165) is 11.3 Å². The average molecular weight is 330 g/mol. The zero-order chi connectivity index (χ0) is 17.1. The van der Waals surface area contributed by atoms with E-state index in [9.17, 15) is 4.79 Å². The molecule has 0 aliphatic rings. The highest BCUT2D eigenvalue weighted by Crippen LogP contribution is 2.19. The predicted octanol–water partition coefficient (Wildman–Crippen LogP) is 3.78. The summed E-state index contributed by atoms with van der Waals surface area (Å²) in [5.74, 6) is 0.281. The molecule has 25 heavy (non-hydrogen) atoms. The van der Waals surface area contributed by atoms with Crippen LogP contribution in [0.3, 0.4) is 0 Å². The van der Waals surface area contributed by atoms with Crippen LogP contribution in [0.5, 0.6) is 0 Å². The summed E-state index contributed by atoms with van der Waals surface area (Å²) in [4.78, 5) is 12.4. The lowest BCUT2D eigenvalue weighted by Crippen LogP contribution is -2.11.